The van der Waals surface area contributed by atoms with E-state index in [0.29, 0.717) is 0 Å². The van der Waals surface area contributed by atoms with Crippen LogP contribution in [0.15, 0.2) is 6.07 Å². The molecular formula is C16H23NO2S. The summed E-state index contributed by atoms with van der Waals surface area (Å²) in [7, 11) is 0. The fraction of sp³-hybridized carbons (Fsp3) is 0.688. The second kappa shape index (κ2) is 5.86. The molecule has 1 amide bonds. The van der Waals surface area contributed by atoms with Crippen LogP contribution >= 0.6 is 11.3 Å². The minimum absolute atomic E-state index is 0.0324. The van der Waals surface area contributed by atoms with Gasteiger partial charge in [0.1, 0.15) is 0 Å². The molecule has 1 aliphatic carbocycles. The molecule has 1 aliphatic heterocycles. The van der Waals surface area contributed by atoms with Crippen molar-refractivity contribution in [2.45, 2.75) is 51.5 Å². The normalized spacial score (nSPS) is 25.8. The first-order chi connectivity index (χ1) is 9.72. The van der Waals surface area contributed by atoms with Crippen molar-refractivity contribution >= 4 is 17.2 Å². The van der Waals surface area contributed by atoms with Gasteiger partial charge in [0.15, 0.2) is 0 Å². The molecule has 3 nitrogen and oxygen atoms in total. The highest BCUT2D eigenvalue weighted by atomic mass is 32.1. The average Bonchev–Trinajstić information content (AvgIpc) is 3.11. The summed E-state index contributed by atoms with van der Waals surface area (Å²) in [5.74, 6) is 0.922. The fourth-order valence-corrected chi connectivity index (χ4v) is 4.65. The Morgan fingerprint density at radius 1 is 1.50 bits per heavy atom. The van der Waals surface area contributed by atoms with Crippen LogP contribution in [-0.2, 0) is 12.8 Å². The van der Waals surface area contributed by atoms with Crippen molar-refractivity contribution in [3.63, 3.8) is 0 Å². The lowest BCUT2D eigenvalue weighted by Gasteiger charge is -2.22. The number of thiophene rings is 1. The molecule has 2 aliphatic rings. The van der Waals surface area contributed by atoms with Crippen LogP contribution in [0, 0.1) is 5.92 Å². The third-order valence-electron chi connectivity index (χ3n) is 4.82. The molecule has 4 heteroatoms. The summed E-state index contributed by atoms with van der Waals surface area (Å²) < 4.78 is 0. The highest BCUT2D eigenvalue weighted by Gasteiger charge is 2.31. The van der Waals surface area contributed by atoms with Crippen LogP contribution in [0.1, 0.15) is 52.7 Å². The first-order valence-corrected chi connectivity index (χ1v) is 8.58. The van der Waals surface area contributed by atoms with Gasteiger partial charge in [0.2, 0.25) is 0 Å². The SMILES string of the molecule is CCC1CCc2sc(C(=O)N3CCC[C@@H]3CO)cc2C1. The van der Waals surface area contributed by atoms with Crippen LogP contribution in [0.2, 0.25) is 0 Å². The summed E-state index contributed by atoms with van der Waals surface area (Å²) in [4.78, 5) is 16.8. The molecule has 1 N–H and O–H groups in total. The Labute approximate surface area is 124 Å². The number of likely N-dealkylation sites (tertiary alicyclic amines) is 1. The molecule has 0 aromatic carbocycles. The third kappa shape index (κ3) is 2.51. The Hall–Kier alpha value is -0.870. The molecule has 1 aromatic heterocycles. The number of carbonyl (C=O) groups is 1. The van der Waals surface area contributed by atoms with E-state index in [2.05, 4.69) is 13.0 Å². The van der Waals surface area contributed by atoms with Crippen molar-refractivity contribution < 1.29 is 9.90 Å². The van der Waals surface area contributed by atoms with E-state index in [1.165, 1.54) is 23.3 Å². The number of aliphatic hydroxyl groups is 1. The number of aryl methyl sites for hydroxylation is 1. The zero-order valence-electron chi connectivity index (χ0n) is 12.1. The van der Waals surface area contributed by atoms with Crippen LogP contribution in [-0.4, -0.2) is 35.1 Å². The molecule has 0 spiro atoms. The van der Waals surface area contributed by atoms with E-state index < -0.39 is 0 Å². The van der Waals surface area contributed by atoms with Gasteiger partial charge in [-0.1, -0.05) is 13.3 Å². The van der Waals surface area contributed by atoms with Gasteiger partial charge in [0.05, 0.1) is 17.5 Å². The van der Waals surface area contributed by atoms with Gasteiger partial charge in [0.25, 0.3) is 5.91 Å². The molecule has 1 unspecified atom stereocenters. The Bertz CT molecular complexity index is 497. The minimum atomic E-state index is 0.0324. The van der Waals surface area contributed by atoms with Crippen molar-refractivity contribution in [3.05, 3.63) is 21.4 Å². The van der Waals surface area contributed by atoms with E-state index in [9.17, 15) is 9.90 Å². The van der Waals surface area contributed by atoms with Crippen molar-refractivity contribution in [1.29, 1.82) is 0 Å². The van der Waals surface area contributed by atoms with E-state index >= 15 is 0 Å². The van der Waals surface area contributed by atoms with Crippen molar-refractivity contribution in [1.82, 2.24) is 4.90 Å². The van der Waals surface area contributed by atoms with E-state index in [1.54, 1.807) is 11.3 Å². The van der Waals surface area contributed by atoms with Gasteiger partial charge in [-0.05, 0) is 49.7 Å². The van der Waals surface area contributed by atoms with Gasteiger partial charge in [-0.15, -0.1) is 11.3 Å². The highest BCUT2D eigenvalue weighted by Crippen LogP contribution is 2.34. The largest absolute Gasteiger partial charge is 0.394 e. The van der Waals surface area contributed by atoms with Crippen molar-refractivity contribution in [2.75, 3.05) is 13.2 Å². The molecule has 1 aromatic rings. The molecule has 20 heavy (non-hydrogen) atoms. The molecule has 2 atom stereocenters. The van der Waals surface area contributed by atoms with Crippen LogP contribution in [0.3, 0.4) is 0 Å². The van der Waals surface area contributed by atoms with Gasteiger partial charge in [0, 0.05) is 11.4 Å². The molecule has 110 valence electrons. The lowest BCUT2D eigenvalue weighted by Crippen LogP contribution is -2.37. The lowest BCUT2D eigenvalue weighted by molar-refractivity contribution is 0.0682. The van der Waals surface area contributed by atoms with Gasteiger partial charge in [-0.3, -0.25) is 4.79 Å². The van der Waals surface area contributed by atoms with Gasteiger partial charge < -0.3 is 10.0 Å². The number of aliphatic hydroxyl groups excluding tert-OH is 1. The Morgan fingerprint density at radius 3 is 3.10 bits per heavy atom. The molecule has 3 rings (SSSR count). The first-order valence-electron chi connectivity index (χ1n) is 7.76. The second-order valence-corrected chi connectivity index (χ2v) is 7.19. The zero-order chi connectivity index (χ0) is 14.1. The average molecular weight is 293 g/mol. The zero-order valence-corrected chi connectivity index (χ0v) is 12.9. The Balaban J connectivity index is 1.78. The van der Waals surface area contributed by atoms with Crippen LogP contribution in [0.5, 0.6) is 0 Å². The third-order valence-corrected chi connectivity index (χ3v) is 6.05. The lowest BCUT2D eigenvalue weighted by atomic mass is 9.87. The maximum Gasteiger partial charge on any atom is 0.264 e. The molecule has 2 heterocycles. The van der Waals surface area contributed by atoms with Crippen LogP contribution in [0.4, 0.5) is 0 Å². The standard InChI is InChI=1S/C16H23NO2S/c1-2-11-5-6-14-12(8-11)9-15(20-14)16(19)17-7-3-4-13(17)10-18/h9,11,13,18H,2-8,10H2,1H3/t11?,13-/m1/s1. The molecule has 1 fully saturated rings. The van der Waals surface area contributed by atoms with Gasteiger partial charge in [-0.2, -0.15) is 0 Å². The number of amides is 1. The summed E-state index contributed by atoms with van der Waals surface area (Å²) >= 11 is 1.68. The summed E-state index contributed by atoms with van der Waals surface area (Å²) in [5, 5.41) is 9.37. The van der Waals surface area contributed by atoms with E-state index in [1.807, 2.05) is 4.90 Å². The monoisotopic (exact) mass is 293 g/mol. The number of nitrogens with zero attached hydrogens (tertiary/aromatic N) is 1. The molecule has 0 radical (unpaired) electrons. The first kappa shape index (κ1) is 14.1. The fourth-order valence-electron chi connectivity index (χ4n) is 3.49. The quantitative estimate of drug-likeness (QED) is 0.931. The number of hydrogen-bond acceptors (Lipinski definition) is 3. The topological polar surface area (TPSA) is 40.5 Å². The van der Waals surface area contributed by atoms with Crippen molar-refractivity contribution in [3.8, 4) is 0 Å². The van der Waals surface area contributed by atoms with E-state index in [0.717, 1.165) is 43.0 Å². The summed E-state index contributed by atoms with van der Waals surface area (Å²) in [6, 6.07) is 2.15. The Morgan fingerprint density at radius 2 is 2.35 bits per heavy atom. The second-order valence-electron chi connectivity index (χ2n) is 6.05. The van der Waals surface area contributed by atoms with Crippen LogP contribution < -0.4 is 0 Å². The number of rotatable bonds is 3. The summed E-state index contributed by atoms with van der Waals surface area (Å²) in [6.07, 6.45) is 6.72. The summed E-state index contributed by atoms with van der Waals surface area (Å²) in [6.45, 7) is 3.14. The molecule has 1 saturated heterocycles. The smallest absolute Gasteiger partial charge is 0.264 e. The molecule has 0 bridgehead atoms. The molecule has 0 saturated carbocycles. The van der Waals surface area contributed by atoms with E-state index in [-0.39, 0.29) is 18.6 Å². The maximum atomic E-state index is 12.6. The minimum Gasteiger partial charge on any atom is -0.394 e. The molecular weight excluding hydrogens is 270 g/mol. The van der Waals surface area contributed by atoms with E-state index in [4.69, 9.17) is 0 Å². The van der Waals surface area contributed by atoms with Crippen LogP contribution in [0.25, 0.3) is 0 Å². The predicted molar refractivity (Wildman–Crippen MR) is 81.3 cm³/mol. The van der Waals surface area contributed by atoms with Gasteiger partial charge in [-0.25, -0.2) is 0 Å². The van der Waals surface area contributed by atoms with Gasteiger partial charge >= 0.3 is 0 Å². The number of hydrogen-bond donors (Lipinski definition) is 1. The maximum absolute atomic E-state index is 12.6. The predicted octanol–water partition coefficient (Wildman–Crippen LogP) is 2.86. The Kier molecular flexibility index (Phi) is 4.13. The van der Waals surface area contributed by atoms with Crippen molar-refractivity contribution in [2.24, 2.45) is 5.92 Å². The highest BCUT2D eigenvalue weighted by molar-refractivity contribution is 7.14. The number of fused-ring (bicyclic) bond motifs is 1. The summed E-state index contributed by atoms with van der Waals surface area (Å²) in [5.41, 5.74) is 1.40. The number of carbonyl (C=O) groups excluding carboxylic acids is 1.